The topological polar surface area (TPSA) is 78.5 Å². The molecule has 1 aliphatic heterocycles. The Bertz CT molecular complexity index is 981. The number of carbonyl (C=O) groups is 3. The molecule has 2 aromatic carbocycles. The first-order valence-corrected chi connectivity index (χ1v) is 9.51. The number of benzene rings is 2. The first kappa shape index (κ1) is 20.8. The van der Waals surface area contributed by atoms with Crippen LogP contribution in [0.3, 0.4) is 0 Å². The minimum Gasteiger partial charge on any atom is -0.354 e. The van der Waals surface area contributed by atoms with Gasteiger partial charge in [-0.2, -0.15) is 0 Å². The van der Waals surface area contributed by atoms with Crippen LogP contribution in [0.4, 0.5) is 9.18 Å². The largest absolute Gasteiger partial charge is 0.354 e. The minimum atomic E-state index is -1.47. The fourth-order valence-corrected chi connectivity index (χ4v) is 3.70. The maximum Gasteiger partial charge on any atom is 0.325 e. The van der Waals surface area contributed by atoms with Gasteiger partial charge >= 0.3 is 6.03 Å². The molecule has 29 heavy (non-hydrogen) atoms. The smallest absolute Gasteiger partial charge is 0.325 e. The molecule has 4 amide bonds. The molecule has 0 aromatic heterocycles. The SMILES string of the molecule is Cc1ccccc1CCNC(=O)CN1C(=O)NC(C)(c2ccc(F)cc2Cl)C1=O. The van der Waals surface area contributed by atoms with Gasteiger partial charge in [0.1, 0.15) is 17.9 Å². The van der Waals surface area contributed by atoms with E-state index in [9.17, 15) is 18.8 Å². The summed E-state index contributed by atoms with van der Waals surface area (Å²) in [7, 11) is 0. The van der Waals surface area contributed by atoms with Gasteiger partial charge in [0.05, 0.1) is 0 Å². The lowest BCUT2D eigenvalue weighted by molar-refractivity contribution is -0.134. The van der Waals surface area contributed by atoms with Crippen LogP contribution in [-0.2, 0) is 21.5 Å². The molecule has 1 saturated heterocycles. The van der Waals surface area contributed by atoms with Crippen molar-refractivity contribution in [1.29, 1.82) is 0 Å². The predicted molar refractivity (Wildman–Crippen MR) is 107 cm³/mol. The zero-order valence-electron chi connectivity index (χ0n) is 16.1. The number of urea groups is 1. The van der Waals surface area contributed by atoms with Crippen LogP contribution >= 0.6 is 11.6 Å². The monoisotopic (exact) mass is 417 g/mol. The molecule has 2 aromatic rings. The van der Waals surface area contributed by atoms with Gasteiger partial charge in [0.25, 0.3) is 5.91 Å². The Morgan fingerprint density at radius 1 is 1.24 bits per heavy atom. The van der Waals surface area contributed by atoms with Crippen LogP contribution < -0.4 is 10.6 Å². The van der Waals surface area contributed by atoms with Crippen molar-refractivity contribution in [2.45, 2.75) is 25.8 Å². The number of aryl methyl sites for hydroxylation is 1. The van der Waals surface area contributed by atoms with Crippen LogP contribution in [0, 0.1) is 12.7 Å². The van der Waals surface area contributed by atoms with Gasteiger partial charge in [0, 0.05) is 17.1 Å². The summed E-state index contributed by atoms with van der Waals surface area (Å²) >= 11 is 6.06. The highest BCUT2D eigenvalue weighted by Gasteiger charge is 2.50. The number of amides is 4. The molecule has 0 radical (unpaired) electrons. The van der Waals surface area contributed by atoms with E-state index in [4.69, 9.17) is 11.6 Å². The first-order valence-electron chi connectivity index (χ1n) is 9.13. The summed E-state index contributed by atoms with van der Waals surface area (Å²) in [6.45, 7) is 3.44. The Hall–Kier alpha value is -2.93. The molecular formula is C21H21ClFN3O3. The van der Waals surface area contributed by atoms with Gasteiger partial charge in [-0.15, -0.1) is 0 Å². The van der Waals surface area contributed by atoms with Crippen molar-refractivity contribution in [1.82, 2.24) is 15.5 Å². The fraction of sp³-hybridized carbons (Fsp3) is 0.286. The van der Waals surface area contributed by atoms with Gasteiger partial charge in [-0.05, 0) is 43.5 Å². The normalized spacial score (nSPS) is 18.7. The van der Waals surface area contributed by atoms with Gasteiger partial charge in [0.15, 0.2) is 0 Å². The number of rotatable bonds is 6. The molecular weight excluding hydrogens is 397 g/mol. The third kappa shape index (κ3) is 4.24. The van der Waals surface area contributed by atoms with Crippen LogP contribution in [0.25, 0.3) is 0 Å². The van der Waals surface area contributed by atoms with Crippen molar-refractivity contribution < 1.29 is 18.8 Å². The van der Waals surface area contributed by atoms with Crippen molar-refractivity contribution in [3.8, 4) is 0 Å². The van der Waals surface area contributed by atoms with Crippen LogP contribution in [0.15, 0.2) is 42.5 Å². The number of nitrogens with one attached hydrogen (secondary N) is 2. The summed E-state index contributed by atoms with van der Waals surface area (Å²) in [5, 5.41) is 5.30. The standard InChI is InChI=1S/C21H21ClFN3O3/c1-13-5-3-4-6-14(13)9-10-24-18(27)12-26-19(28)21(2,25-20(26)29)16-8-7-15(23)11-17(16)22/h3-8,11H,9-10,12H2,1-2H3,(H,24,27)(H,25,29). The highest BCUT2D eigenvalue weighted by molar-refractivity contribution is 6.32. The van der Waals surface area contributed by atoms with Crippen LogP contribution in [0.2, 0.25) is 5.02 Å². The molecule has 3 rings (SSSR count). The third-order valence-corrected chi connectivity index (χ3v) is 5.34. The lowest BCUT2D eigenvalue weighted by Gasteiger charge is -2.23. The van der Waals surface area contributed by atoms with E-state index in [1.165, 1.54) is 13.0 Å². The predicted octanol–water partition coefficient (Wildman–Crippen LogP) is 2.91. The fourth-order valence-electron chi connectivity index (χ4n) is 3.34. The molecule has 0 aliphatic carbocycles. The second-order valence-corrected chi connectivity index (χ2v) is 7.50. The molecule has 0 saturated carbocycles. The Labute approximate surface area is 173 Å². The van der Waals surface area contributed by atoms with Crippen molar-refractivity contribution in [2.75, 3.05) is 13.1 Å². The molecule has 2 N–H and O–H groups in total. The van der Waals surface area contributed by atoms with Gasteiger partial charge < -0.3 is 10.6 Å². The van der Waals surface area contributed by atoms with E-state index < -0.39 is 35.7 Å². The summed E-state index contributed by atoms with van der Waals surface area (Å²) in [6, 6.07) is 10.7. The molecule has 1 aliphatic rings. The number of carbonyl (C=O) groups excluding carboxylic acids is 3. The van der Waals surface area contributed by atoms with Crippen LogP contribution in [-0.4, -0.2) is 35.8 Å². The van der Waals surface area contributed by atoms with Crippen molar-refractivity contribution in [3.63, 3.8) is 0 Å². The van der Waals surface area contributed by atoms with Gasteiger partial charge in [-0.3, -0.25) is 14.5 Å². The second-order valence-electron chi connectivity index (χ2n) is 7.10. The van der Waals surface area contributed by atoms with Gasteiger partial charge in [-0.25, -0.2) is 9.18 Å². The average molecular weight is 418 g/mol. The van der Waals surface area contributed by atoms with Crippen molar-refractivity contribution >= 4 is 29.4 Å². The first-order chi connectivity index (χ1) is 13.7. The quantitative estimate of drug-likeness (QED) is 0.709. The molecule has 0 bridgehead atoms. The Morgan fingerprint density at radius 2 is 1.97 bits per heavy atom. The van der Waals surface area contributed by atoms with Crippen molar-refractivity contribution in [2.24, 2.45) is 0 Å². The average Bonchev–Trinajstić information content (AvgIpc) is 2.87. The lowest BCUT2D eigenvalue weighted by atomic mass is 9.92. The number of halogens is 2. The number of hydrogen-bond donors (Lipinski definition) is 2. The highest BCUT2D eigenvalue weighted by atomic mass is 35.5. The molecule has 1 fully saturated rings. The molecule has 1 heterocycles. The maximum atomic E-state index is 13.3. The van der Waals surface area contributed by atoms with E-state index in [1.807, 2.05) is 31.2 Å². The Morgan fingerprint density at radius 3 is 2.66 bits per heavy atom. The summed E-state index contributed by atoms with van der Waals surface area (Å²) in [4.78, 5) is 38.3. The molecule has 1 atom stereocenters. The van der Waals surface area contributed by atoms with E-state index in [1.54, 1.807) is 0 Å². The third-order valence-electron chi connectivity index (χ3n) is 5.02. The van der Waals surface area contributed by atoms with Crippen LogP contribution in [0.1, 0.15) is 23.6 Å². The summed E-state index contributed by atoms with van der Waals surface area (Å²) in [5.41, 5.74) is 1.04. The number of nitrogens with zero attached hydrogens (tertiary/aromatic N) is 1. The number of imide groups is 1. The van der Waals surface area contributed by atoms with Gasteiger partial charge in [0.2, 0.25) is 5.91 Å². The highest BCUT2D eigenvalue weighted by Crippen LogP contribution is 2.33. The summed E-state index contributed by atoms with van der Waals surface area (Å²) < 4.78 is 13.3. The molecule has 152 valence electrons. The van der Waals surface area contributed by atoms with Crippen LogP contribution in [0.5, 0.6) is 0 Å². The second kappa shape index (κ2) is 8.21. The number of hydrogen-bond acceptors (Lipinski definition) is 3. The summed E-state index contributed by atoms with van der Waals surface area (Å²) in [6.07, 6.45) is 0.640. The van der Waals surface area contributed by atoms with Crippen molar-refractivity contribution in [3.05, 3.63) is 70.0 Å². The molecule has 8 heteroatoms. The van der Waals surface area contributed by atoms with Gasteiger partial charge in [-0.1, -0.05) is 41.9 Å². The van der Waals surface area contributed by atoms with E-state index >= 15 is 0 Å². The lowest BCUT2D eigenvalue weighted by Crippen LogP contribution is -2.43. The van der Waals surface area contributed by atoms with E-state index in [2.05, 4.69) is 10.6 Å². The Balaban J connectivity index is 1.64. The summed E-state index contributed by atoms with van der Waals surface area (Å²) in [5.74, 6) is -1.62. The van der Waals surface area contributed by atoms with E-state index in [-0.39, 0.29) is 10.6 Å². The van der Waals surface area contributed by atoms with E-state index in [0.29, 0.717) is 13.0 Å². The molecule has 1 unspecified atom stereocenters. The molecule has 0 spiro atoms. The molecule has 6 nitrogen and oxygen atoms in total. The maximum absolute atomic E-state index is 13.3. The zero-order chi connectivity index (χ0) is 21.2. The van der Waals surface area contributed by atoms with E-state index in [0.717, 1.165) is 28.2 Å². The Kier molecular flexibility index (Phi) is 5.88. The zero-order valence-corrected chi connectivity index (χ0v) is 16.8. The minimum absolute atomic E-state index is 0.0192.